The summed E-state index contributed by atoms with van der Waals surface area (Å²) >= 11 is 0. The molecule has 0 aliphatic rings. The van der Waals surface area contributed by atoms with Crippen molar-refractivity contribution in [2.75, 3.05) is 0 Å². The van der Waals surface area contributed by atoms with Crippen LogP contribution in [0.3, 0.4) is 0 Å². The second kappa shape index (κ2) is 10.6. The summed E-state index contributed by atoms with van der Waals surface area (Å²) in [6.45, 7) is 0. The van der Waals surface area contributed by atoms with Crippen molar-refractivity contribution in [1.29, 1.82) is 0 Å². The first-order valence-electron chi connectivity index (χ1n) is 4.42. The molecule has 0 aliphatic heterocycles. The summed E-state index contributed by atoms with van der Waals surface area (Å²) in [6.07, 6.45) is 3.06. The standard InChI is InChI=1S/C12H10.CH2Si.2ClH/c1-3-7-11(8-4-1)12-9-5-2-6-10-12;1-2;;/h1-10H;1H2;2*1H/q;+2;;/p-2. The summed E-state index contributed by atoms with van der Waals surface area (Å²) < 4.78 is 0. The van der Waals surface area contributed by atoms with Crippen LogP contribution in [-0.4, -0.2) is 16.0 Å². The number of benzene rings is 2. The van der Waals surface area contributed by atoms with Crippen molar-refractivity contribution in [3.63, 3.8) is 0 Å². The largest absolute Gasteiger partial charge is 1.00 e. The van der Waals surface area contributed by atoms with Gasteiger partial charge in [-0.25, -0.2) is 0 Å². The van der Waals surface area contributed by atoms with Crippen LogP contribution in [0.15, 0.2) is 60.7 Å². The Kier molecular flexibility index (Phi) is 11.6. The molecule has 2 aromatic rings. The van der Waals surface area contributed by atoms with Gasteiger partial charge >= 0.3 is 16.0 Å². The fraction of sp³-hybridized carbons (Fsp3) is 0. The van der Waals surface area contributed by atoms with E-state index in [1.807, 2.05) is 12.1 Å². The molecule has 0 N–H and O–H groups in total. The van der Waals surface area contributed by atoms with Crippen LogP contribution in [-0.2, 0) is 0 Å². The Morgan fingerprint density at radius 3 is 1.06 bits per heavy atom. The van der Waals surface area contributed by atoms with E-state index in [0.717, 1.165) is 0 Å². The third kappa shape index (κ3) is 5.26. The molecule has 0 nitrogen and oxygen atoms in total. The molecule has 0 bridgehead atoms. The van der Waals surface area contributed by atoms with E-state index >= 15 is 0 Å². The smallest absolute Gasteiger partial charge is 0.0184 e. The molecule has 0 fully saturated rings. The minimum Gasteiger partial charge on any atom is -1.00 e. The van der Waals surface area contributed by atoms with Crippen molar-refractivity contribution < 1.29 is 24.8 Å². The molecule has 0 unspecified atom stereocenters. The summed E-state index contributed by atoms with van der Waals surface area (Å²) in [7, 11) is 2.72. The van der Waals surface area contributed by atoms with Gasteiger partial charge in [-0.3, -0.25) is 0 Å². The van der Waals surface area contributed by atoms with Crippen molar-refractivity contribution in [3.8, 4) is 11.1 Å². The van der Waals surface area contributed by atoms with E-state index in [4.69, 9.17) is 0 Å². The number of rotatable bonds is 1. The molecule has 0 aliphatic carbocycles. The first-order chi connectivity index (χ1) is 6.97. The van der Waals surface area contributed by atoms with Crippen LogP contribution in [0.1, 0.15) is 0 Å². The average molecular weight is 267 g/mol. The summed E-state index contributed by atoms with van der Waals surface area (Å²) in [5.41, 5.74) is 2.55. The molecule has 2 aromatic carbocycles. The van der Waals surface area contributed by atoms with E-state index in [1.165, 1.54) is 11.1 Å². The molecule has 0 heterocycles. The van der Waals surface area contributed by atoms with Gasteiger partial charge in [-0.1, -0.05) is 60.7 Å². The van der Waals surface area contributed by atoms with Crippen LogP contribution >= 0.6 is 0 Å². The van der Waals surface area contributed by atoms with Crippen molar-refractivity contribution >= 4 is 16.0 Å². The molecular weight excluding hydrogens is 255 g/mol. The Morgan fingerprint density at radius 1 is 0.562 bits per heavy atom. The Labute approximate surface area is 113 Å². The molecule has 0 aromatic heterocycles. The van der Waals surface area contributed by atoms with Crippen LogP contribution in [0.2, 0.25) is 0 Å². The molecule has 2 rings (SSSR count). The first kappa shape index (κ1) is 17.5. The third-order valence-electron chi connectivity index (χ3n) is 1.88. The summed E-state index contributed by atoms with van der Waals surface area (Å²) in [4.78, 5) is 0. The van der Waals surface area contributed by atoms with Crippen molar-refractivity contribution in [3.05, 3.63) is 60.7 Å². The van der Waals surface area contributed by atoms with Crippen LogP contribution in [0.25, 0.3) is 11.1 Å². The van der Waals surface area contributed by atoms with Crippen LogP contribution < -0.4 is 24.8 Å². The molecule has 0 spiro atoms. The molecule has 0 atom stereocenters. The van der Waals surface area contributed by atoms with Crippen molar-refractivity contribution in [2.24, 2.45) is 0 Å². The fourth-order valence-corrected chi connectivity index (χ4v) is 1.26. The maximum Gasteiger partial charge on any atom is -0.0184 e. The van der Waals surface area contributed by atoms with Gasteiger partial charge in [0.05, 0.1) is 0 Å². The van der Waals surface area contributed by atoms with Gasteiger partial charge in [0.25, 0.3) is 0 Å². The van der Waals surface area contributed by atoms with E-state index in [0.29, 0.717) is 0 Å². The minimum absolute atomic E-state index is 0. The second-order valence-electron chi connectivity index (χ2n) is 2.73. The number of hydrogen-bond acceptors (Lipinski definition) is 0. The number of hydrogen-bond donors (Lipinski definition) is 0. The molecule has 3 heteroatoms. The van der Waals surface area contributed by atoms with Gasteiger partial charge in [-0.05, 0) is 11.1 Å². The van der Waals surface area contributed by atoms with Crippen LogP contribution in [0, 0.1) is 0 Å². The van der Waals surface area contributed by atoms with E-state index in [2.05, 4.69) is 64.6 Å². The quantitative estimate of drug-likeness (QED) is 0.482. The number of halogens is 2. The summed E-state index contributed by atoms with van der Waals surface area (Å²) in [6, 6.07) is 20.8. The Hall–Kier alpha value is -0.893. The van der Waals surface area contributed by atoms with Crippen LogP contribution in [0.4, 0.5) is 0 Å². The summed E-state index contributed by atoms with van der Waals surface area (Å²) in [5, 5.41) is 0. The van der Waals surface area contributed by atoms with E-state index in [-0.39, 0.29) is 24.8 Å². The molecular formula is C13H12Cl2Si. The van der Waals surface area contributed by atoms with Gasteiger partial charge < -0.3 is 24.8 Å². The maximum absolute atomic E-state index is 3.06. The third-order valence-corrected chi connectivity index (χ3v) is 1.88. The zero-order chi connectivity index (χ0) is 10.2. The van der Waals surface area contributed by atoms with Gasteiger partial charge in [0, 0.05) is 0 Å². The zero-order valence-corrected chi connectivity index (χ0v) is 11.2. The summed E-state index contributed by atoms with van der Waals surface area (Å²) in [5.74, 6) is 0. The van der Waals surface area contributed by atoms with E-state index in [9.17, 15) is 0 Å². The molecule has 16 heavy (non-hydrogen) atoms. The molecule has 82 valence electrons. The first-order valence-corrected chi connectivity index (χ1v) is 5.13. The molecule has 0 radical (unpaired) electrons. The predicted molar refractivity (Wildman–Crippen MR) is 64.8 cm³/mol. The maximum atomic E-state index is 3.06. The topological polar surface area (TPSA) is 0 Å². The average Bonchev–Trinajstić information content (AvgIpc) is 2.34. The van der Waals surface area contributed by atoms with Gasteiger partial charge in [-0.15, -0.1) is 0 Å². The zero-order valence-electron chi connectivity index (χ0n) is 8.74. The van der Waals surface area contributed by atoms with Gasteiger partial charge in [0.15, 0.2) is 0 Å². The SMILES string of the molecule is C=[Si+2].[Cl-].[Cl-].c1ccc(-c2ccccc2)cc1. The molecule has 0 saturated heterocycles. The van der Waals surface area contributed by atoms with Gasteiger partial charge in [0.1, 0.15) is 0 Å². The molecule has 0 saturated carbocycles. The van der Waals surface area contributed by atoms with Crippen molar-refractivity contribution in [2.45, 2.75) is 0 Å². The fourth-order valence-electron chi connectivity index (χ4n) is 1.26. The Morgan fingerprint density at radius 2 is 0.812 bits per heavy atom. The van der Waals surface area contributed by atoms with E-state index < -0.39 is 0 Å². The minimum atomic E-state index is 0. The van der Waals surface area contributed by atoms with Gasteiger partial charge in [0.2, 0.25) is 0 Å². The van der Waals surface area contributed by atoms with Crippen molar-refractivity contribution in [1.82, 2.24) is 0 Å². The van der Waals surface area contributed by atoms with Crippen LogP contribution in [0.5, 0.6) is 0 Å². The Balaban J connectivity index is 0. The normalized spacial score (nSPS) is 7.62. The predicted octanol–water partition coefficient (Wildman–Crippen LogP) is -3.05. The monoisotopic (exact) mass is 266 g/mol. The van der Waals surface area contributed by atoms with E-state index in [1.54, 1.807) is 0 Å². The van der Waals surface area contributed by atoms with Gasteiger partial charge in [-0.2, -0.15) is 0 Å². The second-order valence-corrected chi connectivity index (χ2v) is 2.73. The molecule has 0 amide bonds. The Bertz CT molecular complexity index is 325.